The summed E-state index contributed by atoms with van der Waals surface area (Å²) >= 11 is 0. The molecular weight excluding hydrogens is 325 g/mol. The maximum atomic E-state index is 12.8. The van der Waals surface area contributed by atoms with Crippen molar-refractivity contribution in [3.63, 3.8) is 0 Å². The molecule has 1 saturated heterocycles. The maximum Gasteiger partial charge on any atom is 0.433 e. The topological polar surface area (TPSA) is 61.7 Å². The fraction of sp³-hybridized carbons (Fsp3) is 0.733. The Morgan fingerprint density at radius 2 is 2.08 bits per heavy atom. The Kier molecular flexibility index (Phi) is 6.76. The van der Waals surface area contributed by atoms with Crippen molar-refractivity contribution in [2.75, 3.05) is 50.8 Å². The van der Waals surface area contributed by atoms with Gasteiger partial charge in [0.25, 0.3) is 0 Å². The number of rotatable bonds is 6. The third-order valence-corrected chi connectivity index (χ3v) is 3.79. The van der Waals surface area contributed by atoms with Gasteiger partial charge in [-0.05, 0) is 26.0 Å². The lowest BCUT2D eigenvalue weighted by Crippen LogP contribution is -2.38. The van der Waals surface area contributed by atoms with E-state index in [1.165, 1.54) is 0 Å². The largest absolute Gasteiger partial charge is 0.433 e. The van der Waals surface area contributed by atoms with E-state index in [4.69, 9.17) is 4.74 Å². The third kappa shape index (κ3) is 5.57. The second kappa shape index (κ2) is 8.59. The van der Waals surface area contributed by atoms with Crippen molar-refractivity contribution in [3.05, 3.63) is 18.0 Å². The smallest absolute Gasteiger partial charge is 0.389 e. The molecule has 24 heavy (non-hydrogen) atoms. The summed E-state index contributed by atoms with van der Waals surface area (Å²) in [6.07, 6.45) is -3.14. The van der Waals surface area contributed by atoms with Gasteiger partial charge in [0.05, 0.1) is 12.7 Å². The van der Waals surface area contributed by atoms with Crippen LogP contribution in [0, 0.1) is 0 Å². The van der Waals surface area contributed by atoms with Crippen LogP contribution in [-0.4, -0.2) is 72.0 Å². The zero-order chi connectivity index (χ0) is 17.6. The molecule has 0 amide bonds. The molecule has 6 nitrogen and oxygen atoms in total. The Morgan fingerprint density at radius 3 is 2.79 bits per heavy atom. The number of ether oxygens (including phenoxy) is 1. The fourth-order valence-corrected chi connectivity index (χ4v) is 2.62. The fourth-order valence-electron chi connectivity index (χ4n) is 2.62. The highest BCUT2D eigenvalue weighted by Crippen LogP contribution is 2.28. The van der Waals surface area contributed by atoms with Gasteiger partial charge < -0.3 is 14.7 Å². The molecule has 9 heteroatoms. The highest BCUT2D eigenvalue weighted by molar-refractivity contribution is 5.31. The van der Waals surface area contributed by atoms with Crippen molar-refractivity contribution >= 4 is 5.95 Å². The van der Waals surface area contributed by atoms with Crippen LogP contribution in [0.25, 0.3) is 0 Å². The molecule has 0 spiro atoms. The first-order valence-corrected chi connectivity index (χ1v) is 8.03. The van der Waals surface area contributed by atoms with Gasteiger partial charge in [-0.15, -0.1) is 0 Å². The van der Waals surface area contributed by atoms with Crippen LogP contribution in [0.4, 0.5) is 19.1 Å². The normalized spacial score (nSPS) is 18.5. The molecule has 2 rings (SSSR count). The molecule has 0 aliphatic carbocycles. The van der Waals surface area contributed by atoms with Crippen LogP contribution in [0.1, 0.15) is 19.0 Å². The Balaban J connectivity index is 1.93. The van der Waals surface area contributed by atoms with Gasteiger partial charge in [-0.1, -0.05) is 0 Å². The molecule has 1 fully saturated rings. The minimum Gasteiger partial charge on any atom is -0.389 e. The first kappa shape index (κ1) is 18.9. The van der Waals surface area contributed by atoms with Gasteiger partial charge in [0, 0.05) is 39.0 Å². The number of nitrogens with zero attached hydrogens (tertiary/aromatic N) is 4. The summed E-state index contributed by atoms with van der Waals surface area (Å²) in [6.45, 7) is 5.68. The van der Waals surface area contributed by atoms with Crippen LogP contribution in [-0.2, 0) is 10.9 Å². The summed E-state index contributed by atoms with van der Waals surface area (Å²) in [6, 6.07) is 0.873. The molecule has 1 aromatic heterocycles. The average molecular weight is 348 g/mol. The van der Waals surface area contributed by atoms with E-state index in [1.807, 2.05) is 6.92 Å². The van der Waals surface area contributed by atoms with Gasteiger partial charge in [0.1, 0.15) is 5.69 Å². The Hall–Kier alpha value is -1.45. The molecule has 0 radical (unpaired) electrons. The van der Waals surface area contributed by atoms with Crippen LogP contribution in [0.15, 0.2) is 12.3 Å². The zero-order valence-corrected chi connectivity index (χ0v) is 13.7. The van der Waals surface area contributed by atoms with Crippen LogP contribution >= 0.6 is 0 Å². The Morgan fingerprint density at radius 1 is 1.29 bits per heavy atom. The minimum atomic E-state index is -4.47. The maximum absolute atomic E-state index is 12.8. The van der Waals surface area contributed by atoms with E-state index in [1.54, 1.807) is 4.90 Å². The summed E-state index contributed by atoms with van der Waals surface area (Å²) in [5, 5.41) is 9.90. The molecule has 1 N–H and O–H groups in total. The van der Waals surface area contributed by atoms with Crippen molar-refractivity contribution in [1.29, 1.82) is 0 Å². The monoisotopic (exact) mass is 348 g/mol. The van der Waals surface area contributed by atoms with Crippen LogP contribution < -0.4 is 4.90 Å². The van der Waals surface area contributed by atoms with Gasteiger partial charge in [-0.2, -0.15) is 13.2 Å². The number of aliphatic hydroxyl groups excluding tert-OH is 1. The molecule has 1 aromatic rings. The highest BCUT2D eigenvalue weighted by Gasteiger charge is 2.33. The summed E-state index contributed by atoms with van der Waals surface area (Å²) in [5.74, 6) is 0.0986. The summed E-state index contributed by atoms with van der Waals surface area (Å²) in [4.78, 5) is 11.4. The van der Waals surface area contributed by atoms with Crippen molar-refractivity contribution in [2.45, 2.75) is 25.6 Å². The van der Waals surface area contributed by atoms with Crippen molar-refractivity contribution in [1.82, 2.24) is 14.9 Å². The highest BCUT2D eigenvalue weighted by atomic mass is 19.4. The standard InChI is InChI=1S/C15H23F3N4O2/c1-2-24-11-12(23)10-21-6-3-7-22(9-8-21)14-19-5-4-13(20-14)15(16,17)18/h4-5,12,23H,2-3,6-11H2,1H3. The molecule has 136 valence electrons. The van der Waals surface area contributed by atoms with Gasteiger partial charge >= 0.3 is 6.18 Å². The van der Waals surface area contributed by atoms with Crippen LogP contribution in [0.3, 0.4) is 0 Å². The quantitative estimate of drug-likeness (QED) is 0.839. The van der Waals surface area contributed by atoms with Gasteiger partial charge in [-0.25, -0.2) is 9.97 Å². The first-order chi connectivity index (χ1) is 11.4. The predicted molar refractivity (Wildman–Crippen MR) is 82.8 cm³/mol. The van der Waals surface area contributed by atoms with Crippen molar-refractivity contribution in [2.24, 2.45) is 0 Å². The molecular formula is C15H23F3N4O2. The second-order valence-electron chi connectivity index (χ2n) is 5.69. The van der Waals surface area contributed by atoms with Gasteiger partial charge in [-0.3, -0.25) is 4.90 Å². The van der Waals surface area contributed by atoms with Crippen molar-refractivity contribution < 1.29 is 23.0 Å². The molecule has 0 aromatic carbocycles. The van der Waals surface area contributed by atoms with Crippen LogP contribution in [0.5, 0.6) is 0 Å². The summed E-state index contributed by atoms with van der Waals surface area (Å²) < 4.78 is 43.5. The number of halogens is 3. The Bertz CT molecular complexity index is 516. The molecule has 1 aliphatic rings. The summed E-state index contributed by atoms with van der Waals surface area (Å²) in [5.41, 5.74) is -0.930. The Labute approximate surface area is 139 Å². The SMILES string of the molecule is CCOCC(O)CN1CCCN(c2nccc(C(F)(F)F)n2)CC1. The van der Waals surface area contributed by atoms with Gasteiger partial charge in [0.2, 0.25) is 5.95 Å². The zero-order valence-electron chi connectivity index (χ0n) is 13.7. The predicted octanol–water partition coefficient (Wildman–Crippen LogP) is 1.40. The lowest BCUT2D eigenvalue weighted by Gasteiger charge is -2.24. The van der Waals surface area contributed by atoms with Crippen molar-refractivity contribution in [3.8, 4) is 0 Å². The average Bonchev–Trinajstić information content (AvgIpc) is 2.78. The number of hydrogen-bond acceptors (Lipinski definition) is 6. The van der Waals surface area contributed by atoms with Crippen LogP contribution in [0.2, 0.25) is 0 Å². The molecule has 1 aliphatic heterocycles. The number of anilines is 1. The van der Waals surface area contributed by atoms with E-state index >= 15 is 0 Å². The van der Waals surface area contributed by atoms with E-state index < -0.39 is 18.0 Å². The van der Waals surface area contributed by atoms with E-state index in [0.717, 1.165) is 25.2 Å². The number of aliphatic hydroxyl groups is 1. The number of alkyl halides is 3. The summed E-state index contributed by atoms with van der Waals surface area (Å²) in [7, 11) is 0. The van der Waals surface area contributed by atoms with E-state index in [9.17, 15) is 18.3 Å². The lowest BCUT2D eigenvalue weighted by atomic mass is 10.3. The van der Waals surface area contributed by atoms with E-state index in [2.05, 4.69) is 14.9 Å². The lowest BCUT2D eigenvalue weighted by molar-refractivity contribution is -0.141. The number of aromatic nitrogens is 2. The number of β-amino-alcohol motifs (C(OH)–C–C–N with tert-alkyl or cyclic N) is 1. The van der Waals surface area contributed by atoms with E-state index in [-0.39, 0.29) is 12.6 Å². The molecule has 0 saturated carbocycles. The minimum absolute atomic E-state index is 0.0986. The van der Waals surface area contributed by atoms with E-state index in [0.29, 0.717) is 32.8 Å². The molecule has 1 unspecified atom stereocenters. The first-order valence-electron chi connectivity index (χ1n) is 8.03. The third-order valence-electron chi connectivity index (χ3n) is 3.79. The molecule has 1 atom stereocenters. The molecule has 0 bridgehead atoms. The van der Waals surface area contributed by atoms with Gasteiger partial charge in [0.15, 0.2) is 0 Å². The molecule has 2 heterocycles. The second-order valence-corrected chi connectivity index (χ2v) is 5.69. The number of hydrogen-bond donors (Lipinski definition) is 1.